The number of hydrogen-bond donors (Lipinski definition) is 0. The quantitative estimate of drug-likeness (QED) is 0.443. The number of hydrogen-bond acceptors (Lipinski definition) is 1. The summed E-state index contributed by atoms with van der Waals surface area (Å²) in [4.78, 5) is 0. The van der Waals surface area contributed by atoms with Crippen molar-refractivity contribution in [2.24, 2.45) is 0 Å². The molecule has 1 aromatic heterocycles. The van der Waals surface area contributed by atoms with Gasteiger partial charge in [-0.15, -0.1) is 11.3 Å². The van der Waals surface area contributed by atoms with Crippen LogP contribution in [0, 0.1) is 0 Å². The zero-order valence-corrected chi connectivity index (χ0v) is 11.7. The summed E-state index contributed by atoms with van der Waals surface area (Å²) in [6.45, 7) is 0. The van der Waals surface area contributed by atoms with E-state index in [1.54, 1.807) is 11.3 Å². The molecular formula is C8H6Br2MgS. The molecule has 0 aliphatic carbocycles. The zero-order valence-electron chi connectivity index (χ0n) is 6.34. The molecule has 0 nitrogen and oxygen atoms in total. The van der Waals surface area contributed by atoms with Gasteiger partial charge in [0.05, 0.1) is 0 Å². The zero-order chi connectivity index (χ0) is 6.10. The van der Waals surface area contributed by atoms with Crippen LogP contribution in [-0.2, 0) is 0 Å². The van der Waals surface area contributed by atoms with Gasteiger partial charge in [-0.3, -0.25) is 0 Å². The Balaban J connectivity index is 0. The van der Waals surface area contributed by atoms with Gasteiger partial charge < -0.3 is 34.0 Å². The fraction of sp³-hybridized carbons (Fsp3) is 0. The summed E-state index contributed by atoms with van der Waals surface area (Å²) < 4.78 is 1.37. The fourth-order valence-corrected chi connectivity index (χ4v) is 1.70. The smallest absolute Gasteiger partial charge is 1.00 e. The molecule has 0 amide bonds. The Bertz CT molecular complexity index is 291. The minimum atomic E-state index is 0. The van der Waals surface area contributed by atoms with Crippen LogP contribution in [0.1, 0.15) is 0 Å². The SMILES string of the molecule is [Br-].[Br-].[Mg+2].c1ccc2sccc2c1. The summed E-state index contributed by atoms with van der Waals surface area (Å²) in [5.74, 6) is 0. The molecule has 1 heterocycles. The maximum atomic E-state index is 2.14. The maximum Gasteiger partial charge on any atom is 2.00 e. The van der Waals surface area contributed by atoms with Crippen LogP contribution in [0.4, 0.5) is 0 Å². The van der Waals surface area contributed by atoms with Crippen molar-refractivity contribution < 1.29 is 34.0 Å². The van der Waals surface area contributed by atoms with Crippen LogP contribution in [0.3, 0.4) is 0 Å². The van der Waals surface area contributed by atoms with E-state index in [-0.39, 0.29) is 57.0 Å². The largest absolute Gasteiger partial charge is 2.00 e. The first-order valence-electron chi connectivity index (χ1n) is 2.89. The normalized spacial score (nSPS) is 7.67. The van der Waals surface area contributed by atoms with Gasteiger partial charge in [-0.25, -0.2) is 0 Å². The molecule has 2 rings (SSSR count). The van der Waals surface area contributed by atoms with Crippen molar-refractivity contribution in [2.75, 3.05) is 0 Å². The minimum absolute atomic E-state index is 0. The predicted molar refractivity (Wildman–Crippen MR) is 47.6 cm³/mol. The van der Waals surface area contributed by atoms with Crippen LogP contribution in [-0.4, -0.2) is 23.1 Å². The number of rotatable bonds is 0. The summed E-state index contributed by atoms with van der Waals surface area (Å²) in [5.41, 5.74) is 0. The van der Waals surface area contributed by atoms with Crippen molar-refractivity contribution in [3.63, 3.8) is 0 Å². The second-order valence-corrected chi connectivity index (χ2v) is 2.91. The van der Waals surface area contributed by atoms with Gasteiger partial charge in [-0.05, 0) is 22.9 Å². The summed E-state index contributed by atoms with van der Waals surface area (Å²) in [7, 11) is 0. The van der Waals surface area contributed by atoms with Crippen molar-refractivity contribution in [3.8, 4) is 0 Å². The summed E-state index contributed by atoms with van der Waals surface area (Å²) in [6, 6.07) is 10.5. The number of benzene rings is 1. The Morgan fingerprint density at radius 1 is 0.917 bits per heavy atom. The molecule has 0 N–H and O–H groups in total. The van der Waals surface area contributed by atoms with E-state index in [0.717, 1.165) is 0 Å². The molecular weight excluding hydrogens is 312 g/mol. The molecule has 0 radical (unpaired) electrons. The van der Waals surface area contributed by atoms with Crippen molar-refractivity contribution in [1.82, 2.24) is 0 Å². The van der Waals surface area contributed by atoms with E-state index in [0.29, 0.717) is 0 Å². The molecule has 0 aliphatic heterocycles. The molecule has 0 unspecified atom stereocenters. The molecule has 4 heteroatoms. The monoisotopic (exact) mass is 316 g/mol. The summed E-state index contributed by atoms with van der Waals surface area (Å²) in [5, 5.41) is 3.47. The molecule has 0 saturated carbocycles. The Morgan fingerprint density at radius 2 is 1.58 bits per heavy atom. The van der Waals surface area contributed by atoms with E-state index in [1.165, 1.54) is 10.1 Å². The first-order valence-corrected chi connectivity index (χ1v) is 3.77. The average Bonchev–Trinajstić information content (AvgIpc) is 2.33. The Kier molecular flexibility index (Phi) is 9.39. The van der Waals surface area contributed by atoms with Gasteiger partial charge in [-0.1, -0.05) is 18.2 Å². The van der Waals surface area contributed by atoms with Gasteiger partial charge in [0.15, 0.2) is 0 Å². The number of halogens is 2. The molecule has 0 fully saturated rings. The van der Waals surface area contributed by atoms with Gasteiger partial charge in [0.25, 0.3) is 0 Å². The Hall–Kier alpha value is 0.906. The van der Waals surface area contributed by atoms with E-state index >= 15 is 0 Å². The van der Waals surface area contributed by atoms with E-state index in [1.807, 2.05) is 0 Å². The molecule has 0 bridgehead atoms. The number of fused-ring (bicyclic) bond motifs is 1. The Morgan fingerprint density at radius 3 is 2.25 bits per heavy atom. The van der Waals surface area contributed by atoms with Gasteiger partial charge in [0, 0.05) is 4.70 Å². The number of thiophene rings is 1. The minimum Gasteiger partial charge on any atom is -1.00 e. The van der Waals surface area contributed by atoms with Crippen molar-refractivity contribution in [3.05, 3.63) is 35.7 Å². The van der Waals surface area contributed by atoms with Gasteiger partial charge in [0.2, 0.25) is 0 Å². The summed E-state index contributed by atoms with van der Waals surface area (Å²) >= 11 is 1.79. The molecule has 60 valence electrons. The van der Waals surface area contributed by atoms with E-state index in [2.05, 4.69) is 35.7 Å². The van der Waals surface area contributed by atoms with Crippen LogP contribution in [0.5, 0.6) is 0 Å². The van der Waals surface area contributed by atoms with Crippen LogP contribution in [0.25, 0.3) is 10.1 Å². The molecule has 0 saturated heterocycles. The maximum absolute atomic E-state index is 2.14. The third kappa shape index (κ3) is 3.34. The van der Waals surface area contributed by atoms with Crippen LogP contribution in [0.15, 0.2) is 35.7 Å². The fourth-order valence-electron chi connectivity index (χ4n) is 0.906. The van der Waals surface area contributed by atoms with E-state index in [9.17, 15) is 0 Å². The first-order chi connectivity index (χ1) is 4.47. The molecule has 0 spiro atoms. The van der Waals surface area contributed by atoms with Crippen LogP contribution < -0.4 is 34.0 Å². The van der Waals surface area contributed by atoms with Gasteiger partial charge >= 0.3 is 23.1 Å². The van der Waals surface area contributed by atoms with E-state index < -0.39 is 0 Å². The third-order valence-corrected chi connectivity index (χ3v) is 2.26. The second-order valence-electron chi connectivity index (χ2n) is 1.96. The average molecular weight is 318 g/mol. The second kappa shape index (κ2) is 7.32. The van der Waals surface area contributed by atoms with Crippen molar-refractivity contribution >= 4 is 44.5 Å². The van der Waals surface area contributed by atoms with Gasteiger partial charge in [0.1, 0.15) is 0 Å². The standard InChI is InChI=1S/C8H6S.2BrH.Mg/c1-2-4-8-7(3-1)5-6-9-8;;;/h1-6H;2*1H;/q;;;+2/p-2. The molecule has 0 aliphatic rings. The van der Waals surface area contributed by atoms with E-state index in [4.69, 9.17) is 0 Å². The predicted octanol–water partition coefficient (Wildman–Crippen LogP) is -3.47. The molecule has 1 aromatic carbocycles. The van der Waals surface area contributed by atoms with Crippen molar-refractivity contribution in [2.45, 2.75) is 0 Å². The third-order valence-electron chi connectivity index (χ3n) is 1.36. The molecule has 0 atom stereocenters. The molecule has 12 heavy (non-hydrogen) atoms. The van der Waals surface area contributed by atoms with Gasteiger partial charge in [-0.2, -0.15) is 0 Å². The Labute approximate surface area is 113 Å². The summed E-state index contributed by atoms with van der Waals surface area (Å²) in [6.07, 6.45) is 0. The van der Waals surface area contributed by atoms with Crippen molar-refractivity contribution in [1.29, 1.82) is 0 Å². The first kappa shape index (κ1) is 15.4. The molecule has 2 aromatic rings. The van der Waals surface area contributed by atoms with Crippen LogP contribution >= 0.6 is 11.3 Å². The topological polar surface area (TPSA) is 0 Å². The van der Waals surface area contributed by atoms with Crippen LogP contribution in [0.2, 0.25) is 0 Å².